The van der Waals surface area contributed by atoms with Gasteiger partial charge in [-0.2, -0.15) is 0 Å². The maximum absolute atomic E-state index is 4.19. The molecule has 6 aromatic rings. The number of para-hydroxylation sites is 1. The van der Waals surface area contributed by atoms with E-state index in [0.717, 1.165) is 16.9 Å². The SMILES string of the molecule is c1ccc(-c2ccccn2)nc1.c1ccc2cnccc2c1.c1ccc2ncccc2c1. The Bertz CT molecular complexity index is 1130. The zero-order chi connectivity index (χ0) is 21.8. The van der Waals surface area contributed by atoms with Gasteiger partial charge in [0.25, 0.3) is 0 Å². The van der Waals surface area contributed by atoms with Crippen molar-refractivity contribution < 1.29 is 0 Å². The number of rotatable bonds is 1. The van der Waals surface area contributed by atoms with Gasteiger partial charge in [0.15, 0.2) is 0 Å². The molecular weight excluding hydrogens is 392 g/mol. The van der Waals surface area contributed by atoms with E-state index in [4.69, 9.17) is 0 Å². The molecule has 4 heteroatoms. The van der Waals surface area contributed by atoms with E-state index in [2.05, 4.69) is 44.2 Å². The van der Waals surface area contributed by atoms with E-state index >= 15 is 0 Å². The molecule has 0 saturated heterocycles. The van der Waals surface area contributed by atoms with Crippen molar-refractivity contribution in [3.8, 4) is 11.4 Å². The van der Waals surface area contributed by atoms with Crippen LogP contribution in [0.25, 0.3) is 33.1 Å². The maximum atomic E-state index is 4.19. The molecule has 154 valence electrons. The van der Waals surface area contributed by atoms with E-state index in [0.29, 0.717) is 0 Å². The van der Waals surface area contributed by atoms with Gasteiger partial charge in [-0.15, -0.1) is 0 Å². The predicted molar refractivity (Wildman–Crippen MR) is 131 cm³/mol. The van der Waals surface area contributed by atoms with Gasteiger partial charge in [0.1, 0.15) is 0 Å². The van der Waals surface area contributed by atoms with E-state index in [1.807, 2.05) is 97.5 Å². The van der Waals surface area contributed by atoms with Gasteiger partial charge in [0.2, 0.25) is 0 Å². The molecule has 0 saturated carbocycles. The van der Waals surface area contributed by atoms with E-state index < -0.39 is 0 Å². The van der Waals surface area contributed by atoms with Crippen LogP contribution in [0.1, 0.15) is 0 Å². The van der Waals surface area contributed by atoms with E-state index in [1.54, 1.807) is 12.4 Å². The summed E-state index contributed by atoms with van der Waals surface area (Å²) < 4.78 is 0. The third kappa shape index (κ3) is 5.80. The Morgan fingerprint density at radius 1 is 0.375 bits per heavy atom. The first-order valence-corrected chi connectivity index (χ1v) is 10.3. The molecule has 0 radical (unpaired) electrons. The lowest BCUT2D eigenvalue weighted by Crippen LogP contribution is -1.83. The number of benzene rings is 2. The zero-order valence-electron chi connectivity index (χ0n) is 17.5. The fraction of sp³-hybridized carbons (Fsp3) is 0. The highest BCUT2D eigenvalue weighted by atomic mass is 14.7. The van der Waals surface area contributed by atoms with Gasteiger partial charge in [-0.05, 0) is 53.2 Å². The summed E-state index contributed by atoms with van der Waals surface area (Å²) in [6.07, 6.45) is 9.02. The van der Waals surface area contributed by atoms with Gasteiger partial charge in [-0.3, -0.25) is 19.9 Å². The van der Waals surface area contributed by atoms with Crippen molar-refractivity contribution in [1.82, 2.24) is 19.9 Å². The predicted octanol–water partition coefficient (Wildman–Crippen LogP) is 6.61. The average Bonchev–Trinajstić information content (AvgIpc) is 2.91. The Hall–Kier alpha value is -4.44. The Labute approximate surface area is 187 Å². The highest BCUT2D eigenvalue weighted by Crippen LogP contribution is 2.11. The molecule has 32 heavy (non-hydrogen) atoms. The van der Waals surface area contributed by atoms with Crippen LogP contribution in [0.5, 0.6) is 0 Å². The summed E-state index contributed by atoms with van der Waals surface area (Å²) in [6, 6.07) is 33.9. The van der Waals surface area contributed by atoms with Gasteiger partial charge < -0.3 is 0 Å². The monoisotopic (exact) mass is 414 g/mol. The van der Waals surface area contributed by atoms with Crippen LogP contribution < -0.4 is 0 Å². The van der Waals surface area contributed by atoms with Crippen molar-refractivity contribution in [2.24, 2.45) is 0 Å². The molecule has 4 heterocycles. The minimum absolute atomic E-state index is 0.915. The van der Waals surface area contributed by atoms with Crippen LogP contribution >= 0.6 is 0 Å². The van der Waals surface area contributed by atoms with Crippen molar-refractivity contribution in [2.45, 2.75) is 0 Å². The number of fused-ring (bicyclic) bond motifs is 2. The smallest absolute Gasteiger partial charge is 0.0886 e. The first kappa shape index (κ1) is 20.8. The Balaban J connectivity index is 0.000000115. The summed E-state index contributed by atoms with van der Waals surface area (Å²) in [6.45, 7) is 0. The summed E-state index contributed by atoms with van der Waals surface area (Å²) in [5.41, 5.74) is 2.89. The lowest BCUT2D eigenvalue weighted by atomic mass is 10.2. The number of aromatic nitrogens is 4. The van der Waals surface area contributed by atoms with E-state index in [9.17, 15) is 0 Å². The molecule has 0 unspecified atom stereocenters. The minimum atomic E-state index is 0.915. The largest absolute Gasteiger partial charge is 0.264 e. The zero-order valence-corrected chi connectivity index (χ0v) is 17.5. The van der Waals surface area contributed by atoms with Crippen LogP contribution in [-0.4, -0.2) is 19.9 Å². The summed E-state index contributed by atoms with van der Waals surface area (Å²) in [4.78, 5) is 16.6. The molecule has 2 aromatic carbocycles. The Kier molecular flexibility index (Phi) is 7.21. The van der Waals surface area contributed by atoms with Gasteiger partial charge in [-0.1, -0.05) is 60.7 Å². The summed E-state index contributed by atoms with van der Waals surface area (Å²) >= 11 is 0. The van der Waals surface area contributed by atoms with E-state index in [1.165, 1.54) is 16.2 Å². The van der Waals surface area contributed by atoms with Crippen molar-refractivity contribution in [1.29, 1.82) is 0 Å². The Morgan fingerprint density at radius 3 is 1.56 bits per heavy atom. The fourth-order valence-electron chi connectivity index (χ4n) is 3.07. The molecule has 0 aliphatic rings. The third-order valence-electron chi connectivity index (χ3n) is 4.65. The molecule has 0 spiro atoms. The normalized spacial score (nSPS) is 9.88. The van der Waals surface area contributed by atoms with Crippen LogP contribution in [0.3, 0.4) is 0 Å². The first-order valence-electron chi connectivity index (χ1n) is 10.3. The second kappa shape index (κ2) is 11.1. The third-order valence-corrected chi connectivity index (χ3v) is 4.65. The lowest BCUT2D eigenvalue weighted by molar-refractivity contribution is 1.25. The number of nitrogens with zero attached hydrogens (tertiary/aromatic N) is 4. The van der Waals surface area contributed by atoms with Crippen LogP contribution in [0.2, 0.25) is 0 Å². The highest BCUT2D eigenvalue weighted by molar-refractivity contribution is 5.81. The van der Waals surface area contributed by atoms with Crippen molar-refractivity contribution in [3.63, 3.8) is 0 Å². The summed E-state index contributed by atoms with van der Waals surface area (Å²) in [7, 11) is 0. The van der Waals surface area contributed by atoms with Crippen molar-refractivity contribution in [3.05, 3.63) is 134 Å². The van der Waals surface area contributed by atoms with Crippen molar-refractivity contribution >= 4 is 21.7 Å². The van der Waals surface area contributed by atoms with Crippen LogP contribution in [0.15, 0.2) is 134 Å². The molecular formula is C28H22N4. The van der Waals surface area contributed by atoms with Crippen LogP contribution in [-0.2, 0) is 0 Å². The first-order chi connectivity index (χ1) is 15.9. The lowest BCUT2D eigenvalue weighted by Gasteiger charge is -1.96. The number of hydrogen-bond donors (Lipinski definition) is 0. The number of pyridine rings is 4. The topological polar surface area (TPSA) is 51.6 Å². The summed E-state index contributed by atoms with van der Waals surface area (Å²) in [5.74, 6) is 0. The molecule has 4 nitrogen and oxygen atoms in total. The maximum Gasteiger partial charge on any atom is 0.0886 e. The molecule has 6 rings (SSSR count). The summed E-state index contributed by atoms with van der Waals surface area (Å²) in [5, 5.41) is 3.65. The Morgan fingerprint density at radius 2 is 0.938 bits per heavy atom. The van der Waals surface area contributed by atoms with Crippen molar-refractivity contribution in [2.75, 3.05) is 0 Å². The molecule has 0 amide bonds. The molecule has 0 atom stereocenters. The van der Waals surface area contributed by atoms with Crippen LogP contribution in [0.4, 0.5) is 0 Å². The minimum Gasteiger partial charge on any atom is -0.264 e. The average molecular weight is 415 g/mol. The van der Waals surface area contributed by atoms with E-state index in [-0.39, 0.29) is 0 Å². The molecule has 0 aliphatic heterocycles. The standard InChI is InChI=1S/C10H8N2.2C9H7N/c1-3-7-11-9(5-1)10-6-2-4-8-12-10;1-2-6-9-8(4-1)5-3-7-10-9;1-2-4-9-7-10-6-5-8(9)3-1/h1-8H;2*1-7H. The molecule has 0 bridgehead atoms. The van der Waals surface area contributed by atoms with Gasteiger partial charge in [-0.25, -0.2) is 0 Å². The molecule has 0 N–H and O–H groups in total. The molecule has 4 aromatic heterocycles. The van der Waals surface area contributed by atoms with Gasteiger partial charge in [0, 0.05) is 36.4 Å². The van der Waals surface area contributed by atoms with Gasteiger partial charge in [0.05, 0.1) is 16.9 Å². The van der Waals surface area contributed by atoms with Crippen LogP contribution in [0, 0.1) is 0 Å². The number of hydrogen-bond acceptors (Lipinski definition) is 4. The van der Waals surface area contributed by atoms with Gasteiger partial charge >= 0.3 is 0 Å². The highest BCUT2D eigenvalue weighted by Gasteiger charge is 1.95. The second-order valence-electron chi connectivity index (χ2n) is 6.85. The quantitative estimate of drug-likeness (QED) is 0.304. The fourth-order valence-corrected chi connectivity index (χ4v) is 3.07. The molecule has 0 fully saturated rings. The second-order valence-corrected chi connectivity index (χ2v) is 6.85. The molecule has 0 aliphatic carbocycles.